The standard InChI is InChI=1S/C12H14F3N3/c1-18-10-6-8(7-16)2-3-9(10)17-11(18)4-5-12(13,14)15/h2-3,6H,4-5,7,16H2,1H3. The number of hydrogen-bond donors (Lipinski definition) is 1. The summed E-state index contributed by atoms with van der Waals surface area (Å²) in [5.74, 6) is 0.441. The summed E-state index contributed by atoms with van der Waals surface area (Å²) in [6.07, 6.45) is -5.11. The first-order valence-corrected chi connectivity index (χ1v) is 5.62. The van der Waals surface area contributed by atoms with Crippen LogP contribution in [0.4, 0.5) is 13.2 Å². The van der Waals surface area contributed by atoms with Crippen LogP contribution in [-0.2, 0) is 20.0 Å². The first kappa shape index (κ1) is 12.9. The second kappa shape index (κ2) is 4.61. The van der Waals surface area contributed by atoms with Gasteiger partial charge >= 0.3 is 6.18 Å². The zero-order valence-electron chi connectivity index (χ0n) is 9.96. The molecule has 0 amide bonds. The molecule has 18 heavy (non-hydrogen) atoms. The summed E-state index contributed by atoms with van der Waals surface area (Å²) in [7, 11) is 1.72. The molecule has 0 aliphatic carbocycles. The van der Waals surface area contributed by atoms with E-state index in [1.54, 1.807) is 17.7 Å². The highest BCUT2D eigenvalue weighted by atomic mass is 19.4. The van der Waals surface area contributed by atoms with Crippen molar-refractivity contribution in [1.82, 2.24) is 9.55 Å². The van der Waals surface area contributed by atoms with Crippen molar-refractivity contribution in [3.05, 3.63) is 29.6 Å². The number of nitrogens with two attached hydrogens (primary N) is 1. The third kappa shape index (κ3) is 2.64. The highest BCUT2D eigenvalue weighted by Gasteiger charge is 2.27. The van der Waals surface area contributed by atoms with E-state index >= 15 is 0 Å². The van der Waals surface area contributed by atoms with Crippen molar-refractivity contribution in [2.45, 2.75) is 25.6 Å². The lowest BCUT2D eigenvalue weighted by Gasteiger charge is -2.06. The Kier molecular flexibility index (Phi) is 3.30. The Bertz CT molecular complexity index is 557. The number of hydrogen-bond acceptors (Lipinski definition) is 2. The average Bonchev–Trinajstić information content (AvgIpc) is 2.62. The average molecular weight is 257 g/mol. The minimum Gasteiger partial charge on any atom is -0.331 e. The van der Waals surface area contributed by atoms with E-state index in [1.165, 1.54) is 0 Å². The van der Waals surface area contributed by atoms with Crippen molar-refractivity contribution in [2.24, 2.45) is 12.8 Å². The van der Waals surface area contributed by atoms with Gasteiger partial charge in [-0.05, 0) is 17.7 Å². The minimum absolute atomic E-state index is 0.105. The lowest BCUT2D eigenvalue weighted by molar-refractivity contribution is -0.134. The zero-order chi connectivity index (χ0) is 13.3. The lowest BCUT2D eigenvalue weighted by atomic mass is 10.2. The molecule has 0 aliphatic rings. The Morgan fingerprint density at radius 1 is 1.33 bits per heavy atom. The van der Waals surface area contributed by atoms with Gasteiger partial charge in [-0.1, -0.05) is 6.07 Å². The second-order valence-electron chi connectivity index (χ2n) is 4.23. The number of imidazole rings is 1. The number of halogens is 3. The van der Waals surface area contributed by atoms with Crippen molar-refractivity contribution in [3.63, 3.8) is 0 Å². The second-order valence-corrected chi connectivity index (χ2v) is 4.23. The van der Waals surface area contributed by atoms with Crippen LogP contribution in [-0.4, -0.2) is 15.7 Å². The Morgan fingerprint density at radius 3 is 2.67 bits per heavy atom. The van der Waals surface area contributed by atoms with Crippen molar-refractivity contribution < 1.29 is 13.2 Å². The summed E-state index contributed by atoms with van der Waals surface area (Å²) in [4.78, 5) is 4.21. The third-order valence-corrected chi connectivity index (χ3v) is 2.91. The van der Waals surface area contributed by atoms with E-state index in [1.807, 2.05) is 12.1 Å². The summed E-state index contributed by atoms with van der Waals surface area (Å²) in [5.41, 5.74) is 7.99. The molecule has 0 bridgehead atoms. The minimum atomic E-state index is -4.15. The van der Waals surface area contributed by atoms with Gasteiger partial charge in [0.15, 0.2) is 0 Å². The normalized spacial score (nSPS) is 12.3. The number of aryl methyl sites for hydroxylation is 2. The molecule has 0 unspecified atom stereocenters. The van der Waals surface area contributed by atoms with Crippen LogP contribution in [0.25, 0.3) is 11.0 Å². The Morgan fingerprint density at radius 2 is 2.06 bits per heavy atom. The molecule has 2 rings (SSSR count). The van der Waals surface area contributed by atoms with Gasteiger partial charge in [0.25, 0.3) is 0 Å². The fourth-order valence-corrected chi connectivity index (χ4v) is 1.89. The molecular weight excluding hydrogens is 243 g/mol. The Hall–Kier alpha value is -1.56. The number of nitrogens with zero attached hydrogens (tertiary/aromatic N) is 2. The number of fused-ring (bicyclic) bond motifs is 1. The molecule has 0 atom stereocenters. The van der Waals surface area contributed by atoms with Gasteiger partial charge in [-0.15, -0.1) is 0 Å². The molecule has 98 valence electrons. The van der Waals surface area contributed by atoms with E-state index in [4.69, 9.17) is 5.73 Å². The van der Waals surface area contributed by atoms with Crippen LogP contribution in [0.1, 0.15) is 17.8 Å². The van der Waals surface area contributed by atoms with Crippen LogP contribution >= 0.6 is 0 Å². The SMILES string of the molecule is Cn1c(CCC(F)(F)F)nc2ccc(CN)cc21. The maximum absolute atomic E-state index is 12.2. The highest BCUT2D eigenvalue weighted by Crippen LogP contribution is 2.23. The monoisotopic (exact) mass is 257 g/mol. The smallest absolute Gasteiger partial charge is 0.331 e. The summed E-state index contributed by atoms with van der Waals surface area (Å²) >= 11 is 0. The first-order chi connectivity index (χ1) is 8.40. The fraction of sp³-hybridized carbons (Fsp3) is 0.417. The van der Waals surface area contributed by atoms with Crippen LogP contribution in [0.15, 0.2) is 18.2 Å². The summed E-state index contributed by atoms with van der Waals surface area (Å²) in [5, 5.41) is 0. The molecule has 1 aromatic carbocycles. The predicted molar refractivity (Wildman–Crippen MR) is 63.0 cm³/mol. The molecule has 1 heterocycles. The van der Waals surface area contributed by atoms with Crippen LogP contribution in [0.2, 0.25) is 0 Å². The Labute approximate surface area is 102 Å². The van der Waals surface area contributed by atoms with E-state index in [9.17, 15) is 13.2 Å². The number of aromatic nitrogens is 2. The summed E-state index contributed by atoms with van der Waals surface area (Å²) in [6.45, 7) is 0.402. The van der Waals surface area contributed by atoms with Gasteiger partial charge in [-0.3, -0.25) is 0 Å². The predicted octanol–water partition coefficient (Wildman–Crippen LogP) is 2.53. The van der Waals surface area contributed by atoms with Crippen molar-refractivity contribution in [3.8, 4) is 0 Å². The highest BCUT2D eigenvalue weighted by molar-refractivity contribution is 5.76. The van der Waals surface area contributed by atoms with E-state index in [0.717, 1.165) is 11.1 Å². The molecule has 6 heteroatoms. The molecule has 0 radical (unpaired) electrons. The molecule has 1 aromatic heterocycles. The molecule has 0 saturated heterocycles. The fourth-order valence-electron chi connectivity index (χ4n) is 1.89. The molecule has 2 N–H and O–H groups in total. The molecule has 0 spiro atoms. The third-order valence-electron chi connectivity index (χ3n) is 2.91. The summed E-state index contributed by atoms with van der Waals surface area (Å²) in [6, 6.07) is 5.48. The first-order valence-electron chi connectivity index (χ1n) is 5.62. The molecule has 3 nitrogen and oxygen atoms in total. The van der Waals surface area contributed by atoms with Gasteiger partial charge in [0, 0.05) is 20.0 Å². The maximum atomic E-state index is 12.2. The van der Waals surface area contributed by atoms with Crippen molar-refractivity contribution >= 4 is 11.0 Å². The number of benzene rings is 1. The van der Waals surface area contributed by atoms with Crippen molar-refractivity contribution in [2.75, 3.05) is 0 Å². The van der Waals surface area contributed by atoms with Crippen molar-refractivity contribution in [1.29, 1.82) is 0 Å². The zero-order valence-corrected chi connectivity index (χ0v) is 9.96. The van der Waals surface area contributed by atoms with Gasteiger partial charge in [0.2, 0.25) is 0 Å². The van der Waals surface area contributed by atoms with Gasteiger partial charge in [-0.25, -0.2) is 4.98 Å². The largest absolute Gasteiger partial charge is 0.389 e. The van der Waals surface area contributed by atoms with E-state index in [2.05, 4.69) is 4.98 Å². The maximum Gasteiger partial charge on any atom is 0.389 e. The van der Waals surface area contributed by atoms with Crippen LogP contribution in [0.3, 0.4) is 0 Å². The molecular formula is C12H14F3N3. The van der Waals surface area contributed by atoms with E-state index < -0.39 is 12.6 Å². The number of alkyl halides is 3. The summed E-state index contributed by atoms with van der Waals surface area (Å²) < 4.78 is 38.3. The van der Waals surface area contributed by atoms with Gasteiger partial charge in [0.1, 0.15) is 5.82 Å². The topological polar surface area (TPSA) is 43.8 Å². The molecule has 0 aliphatic heterocycles. The Balaban J connectivity index is 2.32. The van der Waals surface area contributed by atoms with E-state index in [0.29, 0.717) is 17.9 Å². The van der Waals surface area contributed by atoms with Gasteiger partial charge in [0.05, 0.1) is 17.5 Å². The quantitative estimate of drug-likeness (QED) is 0.918. The van der Waals surface area contributed by atoms with Crippen LogP contribution < -0.4 is 5.73 Å². The van der Waals surface area contributed by atoms with Crippen LogP contribution in [0, 0.1) is 0 Å². The van der Waals surface area contributed by atoms with Gasteiger partial charge in [-0.2, -0.15) is 13.2 Å². The van der Waals surface area contributed by atoms with Crippen LogP contribution in [0.5, 0.6) is 0 Å². The number of rotatable bonds is 3. The molecule has 0 saturated carbocycles. The lowest BCUT2D eigenvalue weighted by Crippen LogP contribution is -2.10. The molecule has 0 fully saturated rings. The molecule has 2 aromatic rings. The van der Waals surface area contributed by atoms with Gasteiger partial charge < -0.3 is 10.3 Å². The van der Waals surface area contributed by atoms with E-state index in [-0.39, 0.29) is 6.42 Å².